The Balaban J connectivity index is 4.11. The first-order valence-electron chi connectivity index (χ1n) is 5.72. The molecule has 3 heteroatoms. The first kappa shape index (κ1) is 13.0. The lowest BCUT2D eigenvalue weighted by atomic mass is 9.31. The molecule has 0 aliphatic heterocycles. The summed E-state index contributed by atoms with van der Waals surface area (Å²) in [4.78, 5) is 0. The Morgan fingerprint density at radius 1 is 1.00 bits per heavy atom. The summed E-state index contributed by atoms with van der Waals surface area (Å²) in [6.45, 7) is 13.5. The van der Waals surface area contributed by atoms with E-state index < -0.39 is 0 Å². The van der Waals surface area contributed by atoms with Gasteiger partial charge in [-0.3, -0.25) is 0 Å². The van der Waals surface area contributed by atoms with E-state index in [-0.39, 0.29) is 11.8 Å². The van der Waals surface area contributed by atoms with Gasteiger partial charge in [0.05, 0.1) is 5.54 Å². The molecule has 0 fully saturated rings. The van der Waals surface area contributed by atoms with Crippen LogP contribution in [0.4, 0.5) is 0 Å². The average Bonchev–Trinajstić information content (AvgIpc) is 2.06. The van der Waals surface area contributed by atoms with Crippen LogP contribution in [0.25, 0.3) is 0 Å². The van der Waals surface area contributed by atoms with Crippen LogP contribution >= 0.6 is 0 Å². The lowest BCUT2D eigenvalue weighted by Gasteiger charge is -2.36. The second-order valence-corrected chi connectivity index (χ2v) is 5.36. The highest BCUT2D eigenvalue weighted by Gasteiger charge is 2.27. The Kier molecular flexibility index (Phi) is 5.01. The number of rotatable bonds is 5. The molecule has 0 atom stereocenters. The summed E-state index contributed by atoms with van der Waals surface area (Å²) in [6.07, 6.45) is 3.60. The highest BCUT2D eigenvalue weighted by molar-refractivity contribution is 6.71. The molecule has 0 bridgehead atoms. The maximum atomic E-state index is 3.52. The van der Waals surface area contributed by atoms with Crippen molar-refractivity contribution >= 4 is 6.28 Å². The minimum Gasteiger partial charge on any atom is -0.453 e. The van der Waals surface area contributed by atoms with E-state index in [1.165, 1.54) is 19.0 Å². The summed E-state index contributed by atoms with van der Waals surface area (Å²) in [6, 6.07) is 0. The van der Waals surface area contributed by atoms with Crippen LogP contribution in [0.15, 0.2) is 0 Å². The predicted molar refractivity (Wildman–Crippen MR) is 62.0 cm³/mol. The van der Waals surface area contributed by atoms with Crippen LogP contribution in [0.1, 0.15) is 41.5 Å². The molecule has 0 aromatic heterocycles. The number of hydrogen-bond acceptors (Lipinski definition) is 1. The van der Waals surface area contributed by atoms with E-state index in [0.29, 0.717) is 0 Å². The van der Waals surface area contributed by atoms with Crippen LogP contribution in [0.5, 0.6) is 0 Å². The summed E-state index contributed by atoms with van der Waals surface area (Å²) in [5.41, 5.74) is 3.73. The van der Waals surface area contributed by atoms with E-state index >= 15 is 0 Å². The molecule has 0 radical (unpaired) electrons. The van der Waals surface area contributed by atoms with Gasteiger partial charge in [0, 0.05) is 0 Å². The molecule has 0 aromatic carbocycles. The summed E-state index contributed by atoms with van der Waals surface area (Å²) >= 11 is 0. The molecule has 0 aliphatic carbocycles. The highest BCUT2D eigenvalue weighted by Crippen LogP contribution is 2.11. The van der Waals surface area contributed by atoms with Crippen molar-refractivity contribution in [2.45, 2.75) is 66.0 Å². The normalized spacial score (nSPS) is 13.4. The quantitative estimate of drug-likeness (QED) is 0.383. The summed E-state index contributed by atoms with van der Waals surface area (Å²) < 4.78 is 0. The zero-order valence-electron chi connectivity index (χ0n) is 10.3. The van der Waals surface area contributed by atoms with Crippen molar-refractivity contribution in [2.24, 2.45) is 0 Å². The van der Waals surface area contributed by atoms with Crippen LogP contribution in [0.2, 0.25) is 19.0 Å². The smallest absolute Gasteiger partial charge is 0.223 e. The monoisotopic (exact) mass is 186 g/mol. The zero-order valence-corrected chi connectivity index (χ0v) is 10.3. The summed E-state index contributed by atoms with van der Waals surface area (Å²) in [5, 5.41) is 2.38. The number of nitrogens with one attached hydrogen (secondary N) is 1. The van der Waals surface area contributed by atoms with Crippen molar-refractivity contribution < 1.29 is 5.34 Å². The van der Waals surface area contributed by atoms with Crippen molar-refractivity contribution in [3.63, 3.8) is 0 Å². The molecule has 0 unspecified atom stereocenters. The van der Waals surface area contributed by atoms with Gasteiger partial charge in [-0.05, 0) is 20.8 Å². The van der Waals surface area contributed by atoms with E-state index in [0.717, 1.165) is 0 Å². The Morgan fingerprint density at radius 3 is 1.62 bits per heavy atom. The first-order chi connectivity index (χ1) is 5.89. The van der Waals surface area contributed by atoms with Gasteiger partial charge in [0.15, 0.2) is 0 Å². The van der Waals surface area contributed by atoms with Crippen molar-refractivity contribution in [1.29, 1.82) is 0 Å². The lowest BCUT2D eigenvalue weighted by molar-refractivity contribution is -0.610. The molecule has 0 aliphatic rings. The molecule has 80 valence electrons. The van der Waals surface area contributed by atoms with Crippen LogP contribution < -0.4 is 10.8 Å². The zero-order chi connectivity index (χ0) is 10.5. The summed E-state index contributed by atoms with van der Waals surface area (Å²) in [7, 11) is 0. The van der Waals surface area contributed by atoms with Gasteiger partial charge in [-0.25, -0.2) is 5.43 Å². The number of quaternary nitrogens is 1. The standard InChI is InChI=1S/C10H27BN2/c1-7-11(8-2,9-3)13-12-10(4,5)6/h12H,7-9,13H2,1-6H3. The highest BCUT2D eigenvalue weighted by atomic mass is 15.4. The van der Waals surface area contributed by atoms with Crippen molar-refractivity contribution in [3.8, 4) is 0 Å². The second kappa shape index (κ2) is 5.01. The van der Waals surface area contributed by atoms with Gasteiger partial charge in [0.1, 0.15) is 0 Å². The molecular formula is C10H27BN2. The van der Waals surface area contributed by atoms with Gasteiger partial charge in [-0.2, -0.15) is 0 Å². The van der Waals surface area contributed by atoms with Gasteiger partial charge < -0.3 is 5.34 Å². The van der Waals surface area contributed by atoms with Gasteiger partial charge in [0.2, 0.25) is 6.28 Å². The fourth-order valence-corrected chi connectivity index (χ4v) is 1.65. The molecule has 0 spiro atoms. The van der Waals surface area contributed by atoms with E-state index in [1.807, 2.05) is 0 Å². The maximum absolute atomic E-state index is 3.52. The Morgan fingerprint density at radius 2 is 1.38 bits per heavy atom. The largest absolute Gasteiger partial charge is 0.453 e. The third kappa shape index (κ3) is 4.68. The van der Waals surface area contributed by atoms with Gasteiger partial charge >= 0.3 is 0 Å². The molecule has 0 rings (SSSR count). The Hall–Kier alpha value is -0.0151. The minimum absolute atomic E-state index is 0.215. The topological polar surface area (TPSA) is 28.6 Å². The van der Waals surface area contributed by atoms with Gasteiger partial charge in [-0.15, -0.1) is 19.0 Å². The molecule has 3 N–H and O–H groups in total. The molecule has 0 heterocycles. The molecule has 13 heavy (non-hydrogen) atoms. The molecule has 2 nitrogen and oxygen atoms in total. The van der Waals surface area contributed by atoms with Crippen LogP contribution in [0, 0.1) is 0 Å². The van der Waals surface area contributed by atoms with Gasteiger partial charge in [0.25, 0.3) is 0 Å². The fourth-order valence-electron chi connectivity index (χ4n) is 1.65. The molecular weight excluding hydrogens is 159 g/mol. The van der Waals surface area contributed by atoms with Crippen LogP contribution in [-0.2, 0) is 0 Å². The lowest BCUT2D eigenvalue weighted by Crippen LogP contribution is -3.08. The number of hydrogen-bond donors (Lipinski definition) is 2. The second-order valence-electron chi connectivity index (χ2n) is 5.36. The molecule has 0 saturated carbocycles. The van der Waals surface area contributed by atoms with E-state index in [2.05, 4.69) is 52.3 Å². The van der Waals surface area contributed by atoms with Crippen molar-refractivity contribution in [3.05, 3.63) is 0 Å². The van der Waals surface area contributed by atoms with Crippen molar-refractivity contribution in [1.82, 2.24) is 5.43 Å². The minimum atomic E-state index is -0.261. The van der Waals surface area contributed by atoms with E-state index in [9.17, 15) is 0 Å². The Labute approximate surface area is 83.8 Å². The number of nitrogens with two attached hydrogens (primary N) is 1. The van der Waals surface area contributed by atoms with Crippen LogP contribution in [0.3, 0.4) is 0 Å². The average molecular weight is 186 g/mol. The van der Waals surface area contributed by atoms with E-state index in [1.54, 1.807) is 0 Å². The Bertz CT molecular complexity index is 128. The third-order valence-electron chi connectivity index (χ3n) is 3.31. The maximum Gasteiger partial charge on any atom is 0.223 e. The van der Waals surface area contributed by atoms with E-state index in [4.69, 9.17) is 0 Å². The molecule has 0 amide bonds. The van der Waals surface area contributed by atoms with Crippen LogP contribution in [-0.4, -0.2) is 11.8 Å². The first-order valence-corrected chi connectivity index (χ1v) is 5.72. The molecule has 0 aromatic rings. The predicted octanol–water partition coefficient (Wildman–Crippen LogP) is 1.86. The van der Waals surface area contributed by atoms with Crippen molar-refractivity contribution in [2.75, 3.05) is 0 Å². The third-order valence-corrected chi connectivity index (χ3v) is 3.31. The fraction of sp³-hybridized carbons (Fsp3) is 1.00. The summed E-state index contributed by atoms with van der Waals surface area (Å²) in [5.74, 6) is 0. The van der Waals surface area contributed by atoms with Gasteiger partial charge in [-0.1, -0.05) is 20.8 Å². The molecule has 0 saturated heterocycles. The SMILES string of the molecule is CC[B-](CC)(CC)[NH2+]NC(C)(C)C.